The molecule has 0 aliphatic carbocycles. The smallest absolute Gasteiger partial charge is 0.138 e. The first-order valence-corrected chi connectivity index (χ1v) is 8.04. The molecule has 1 aliphatic rings. The van der Waals surface area contributed by atoms with Gasteiger partial charge in [-0.25, -0.2) is 4.39 Å². The maximum atomic E-state index is 15.1. The molecule has 1 saturated heterocycles. The molecule has 1 N–H and O–H groups in total. The first kappa shape index (κ1) is 15.8. The molecule has 1 heterocycles. The van der Waals surface area contributed by atoms with Gasteiger partial charge in [-0.3, -0.25) is 4.90 Å². The van der Waals surface area contributed by atoms with Crippen LogP contribution in [0.3, 0.4) is 0 Å². The van der Waals surface area contributed by atoms with E-state index in [4.69, 9.17) is 4.74 Å². The van der Waals surface area contributed by atoms with Gasteiger partial charge < -0.3 is 9.84 Å². The Kier molecular flexibility index (Phi) is 4.82. The van der Waals surface area contributed by atoms with Crippen LogP contribution in [0.4, 0.5) is 4.39 Å². The molecule has 0 saturated carbocycles. The number of hydrogen-bond donors (Lipinski definition) is 1. The minimum Gasteiger partial charge on any atom is -0.508 e. The van der Waals surface area contributed by atoms with Crippen molar-refractivity contribution in [3.63, 3.8) is 0 Å². The van der Waals surface area contributed by atoms with E-state index in [9.17, 15) is 5.11 Å². The largest absolute Gasteiger partial charge is 0.508 e. The molecule has 122 valence electrons. The molecule has 0 spiro atoms. The number of hydrogen-bond acceptors (Lipinski definition) is 3. The minimum absolute atomic E-state index is 0.123. The Morgan fingerprint density at radius 3 is 2.48 bits per heavy atom. The molecular weight excluding hydrogens is 293 g/mol. The van der Waals surface area contributed by atoms with Crippen molar-refractivity contribution in [2.45, 2.75) is 18.5 Å². The lowest BCUT2D eigenvalue weighted by Crippen LogP contribution is -2.41. The fraction of sp³-hybridized carbons (Fsp3) is 0.368. The SMILES string of the molecule is Oc1cccc(C2(F)CCN(CCOc3ccccc3)CC2)c1. The lowest BCUT2D eigenvalue weighted by Gasteiger charge is -2.36. The van der Waals surface area contributed by atoms with Gasteiger partial charge in [0.05, 0.1) is 0 Å². The van der Waals surface area contributed by atoms with Crippen LogP contribution in [0.15, 0.2) is 54.6 Å². The van der Waals surface area contributed by atoms with E-state index in [-0.39, 0.29) is 5.75 Å². The molecule has 3 rings (SSSR count). The van der Waals surface area contributed by atoms with Gasteiger partial charge in [0.15, 0.2) is 0 Å². The summed E-state index contributed by atoms with van der Waals surface area (Å²) in [6, 6.07) is 16.3. The van der Waals surface area contributed by atoms with Crippen LogP contribution in [-0.4, -0.2) is 36.2 Å². The molecular formula is C19H22FNO2. The van der Waals surface area contributed by atoms with Crippen LogP contribution in [-0.2, 0) is 5.67 Å². The van der Waals surface area contributed by atoms with Crippen LogP contribution in [0.25, 0.3) is 0 Å². The summed E-state index contributed by atoms with van der Waals surface area (Å²) in [5, 5.41) is 9.54. The van der Waals surface area contributed by atoms with Crippen LogP contribution in [0.2, 0.25) is 0 Å². The average Bonchev–Trinajstić information content (AvgIpc) is 2.58. The number of benzene rings is 2. The Labute approximate surface area is 136 Å². The highest BCUT2D eigenvalue weighted by molar-refractivity contribution is 5.31. The van der Waals surface area contributed by atoms with E-state index in [1.54, 1.807) is 18.2 Å². The quantitative estimate of drug-likeness (QED) is 0.912. The van der Waals surface area contributed by atoms with E-state index in [0.717, 1.165) is 12.3 Å². The van der Waals surface area contributed by atoms with Crippen LogP contribution in [0.5, 0.6) is 11.5 Å². The average molecular weight is 315 g/mol. The van der Waals surface area contributed by atoms with Crippen molar-refractivity contribution in [3.8, 4) is 11.5 Å². The second kappa shape index (κ2) is 7.01. The summed E-state index contributed by atoms with van der Waals surface area (Å²) < 4.78 is 20.8. The third kappa shape index (κ3) is 4.02. The normalized spacial score (nSPS) is 17.8. The number of para-hydroxylation sites is 1. The highest BCUT2D eigenvalue weighted by Crippen LogP contribution is 2.37. The summed E-state index contributed by atoms with van der Waals surface area (Å²) in [6.07, 6.45) is 0.892. The van der Waals surface area contributed by atoms with Crippen LogP contribution in [0.1, 0.15) is 18.4 Å². The minimum atomic E-state index is -1.34. The molecule has 0 aromatic heterocycles. The zero-order valence-corrected chi connectivity index (χ0v) is 13.1. The molecule has 0 atom stereocenters. The van der Waals surface area contributed by atoms with E-state index in [2.05, 4.69) is 4.90 Å². The van der Waals surface area contributed by atoms with Gasteiger partial charge in [0.2, 0.25) is 0 Å². The predicted octanol–water partition coefficient (Wildman–Crippen LogP) is 3.73. The molecule has 4 heteroatoms. The van der Waals surface area contributed by atoms with Crippen molar-refractivity contribution < 1.29 is 14.2 Å². The Balaban J connectivity index is 1.48. The molecule has 0 amide bonds. The number of nitrogens with zero attached hydrogens (tertiary/aromatic N) is 1. The van der Waals surface area contributed by atoms with Gasteiger partial charge in [-0.2, -0.15) is 0 Å². The molecule has 3 nitrogen and oxygen atoms in total. The van der Waals surface area contributed by atoms with E-state index in [1.807, 2.05) is 30.3 Å². The molecule has 2 aromatic rings. The van der Waals surface area contributed by atoms with Crippen LogP contribution in [0, 0.1) is 0 Å². The van der Waals surface area contributed by atoms with Gasteiger partial charge in [0, 0.05) is 19.6 Å². The molecule has 1 fully saturated rings. The van der Waals surface area contributed by atoms with Crippen molar-refractivity contribution in [2.75, 3.05) is 26.2 Å². The van der Waals surface area contributed by atoms with Gasteiger partial charge in [-0.15, -0.1) is 0 Å². The molecule has 1 aliphatic heterocycles. The number of alkyl halides is 1. The fourth-order valence-corrected chi connectivity index (χ4v) is 3.01. The second-order valence-electron chi connectivity index (χ2n) is 6.02. The van der Waals surface area contributed by atoms with E-state index < -0.39 is 5.67 Å². The number of halogens is 1. The third-order valence-corrected chi connectivity index (χ3v) is 4.43. The molecule has 0 unspecified atom stereocenters. The number of phenols is 1. The van der Waals surface area contributed by atoms with Crippen molar-refractivity contribution in [3.05, 3.63) is 60.2 Å². The summed E-state index contributed by atoms with van der Waals surface area (Å²) in [7, 11) is 0. The number of aromatic hydroxyl groups is 1. The van der Waals surface area contributed by atoms with Gasteiger partial charge >= 0.3 is 0 Å². The highest BCUT2D eigenvalue weighted by atomic mass is 19.1. The van der Waals surface area contributed by atoms with Gasteiger partial charge in [0.25, 0.3) is 0 Å². The number of phenolic OH excluding ortho intramolecular Hbond substituents is 1. The first-order chi connectivity index (χ1) is 11.2. The lowest BCUT2D eigenvalue weighted by molar-refractivity contribution is 0.0499. The number of likely N-dealkylation sites (tertiary alicyclic amines) is 1. The van der Waals surface area contributed by atoms with Crippen molar-refractivity contribution in [1.82, 2.24) is 4.90 Å². The monoisotopic (exact) mass is 315 g/mol. The Morgan fingerprint density at radius 2 is 1.78 bits per heavy atom. The van der Waals surface area contributed by atoms with Crippen LogP contribution < -0.4 is 4.74 Å². The zero-order valence-electron chi connectivity index (χ0n) is 13.1. The summed E-state index contributed by atoms with van der Waals surface area (Å²) in [5.74, 6) is 0.988. The topological polar surface area (TPSA) is 32.7 Å². The van der Waals surface area contributed by atoms with Crippen LogP contribution >= 0.6 is 0 Å². The van der Waals surface area contributed by atoms with E-state index in [0.29, 0.717) is 38.1 Å². The van der Waals surface area contributed by atoms with E-state index >= 15 is 4.39 Å². The number of rotatable bonds is 5. The Hall–Kier alpha value is -2.07. The zero-order chi connectivity index (χ0) is 16.1. The summed E-state index contributed by atoms with van der Waals surface area (Å²) in [6.45, 7) is 2.80. The third-order valence-electron chi connectivity index (χ3n) is 4.43. The standard InChI is InChI=1S/C19H22FNO2/c20-19(16-5-4-6-17(22)15-16)9-11-21(12-10-19)13-14-23-18-7-2-1-3-8-18/h1-8,15,22H,9-14H2. The van der Waals surface area contributed by atoms with E-state index in [1.165, 1.54) is 6.07 Å². The maximum Gasteiger partial charge on any atom is 0.138 e. The summed E-state index contributed by atoms with van der Waals surface area (Å²) in [5.41, 5.74) is -0.757. The Morgan fingerprint density at radius 1 is 1.04 bits per heavy atom. The molecule has 0 radical (unpaired) electrons. The lowest BCUT2D eigenvalue weighted by atomic mass is 9.86. The van der Waals surface area contributed by atoms with Gasteiger partial charge in [-0.1, -0.05) is 30.3 Å². The maximum absolute atomic E-state index is 15.1. The van der Waals surface area contributed by atoms with Gasteiger partial charge in [0.1, 0.15) is 23.8 Å². The fourth-order valence-electron chi connectivity index (χ4n) is 3.01. The first-order valence-electron chi connectivity index (χ1n) is 8.04. The summed E-state index contributed by atoms with van der Waals surface area (Å²) in [4.78, 5) is 2.23. The van der Waals surface area contributed by atoms with Crippen molar-refractivity contribution >= 4 is 0 Å². The second-order valence-corrected chi connectivity index (χ2v) is 6.02. The van der Waals surface area contributed by atoms with Crippen molar-refractivity contribution in [2.24, 2.45) is 0 Å². The predicted molar refractivity (Wildman–Crippen MR) is 88.5 cm³/mol. The van der Waals surface area contributed by atoms with Gasteiger partial charge in [-0.05, 0) is 42.7 Å². The number of ether oxygens (including phenoxy) is 1. The molecule has 2 aromatic carbocycles. The van der Waals surface area contributed by atoms with Crippen molar-refractivity contribution in [1.29, 1.82) is 0 Å². The summed E-state index contributed by atoms with van der Waals surface area (Å²) >= 11 is 0. The number of piperidine rings is 1. The molecule has 0 bridgehead atoms. The molecule has 23 heavy (non-hydrogen) atoms. The highest BCUT2D eigenvalue weighted by Gasteiger charge is 2.36. The Bertz CT molecular complexity index is 624.